The molecule has 0 saturated heterocycles. The van der Waals surface area contributed by atoms with E-state index in [1.54, 1.807) is 30.4 Å². The number of rotatable bonds is 2. The number of aliphatic hydroxyl groups is 1. The Bertz CT molecular complexity index is 504. The van der Waals surface area contributed by atoms with Crippen LogP contribution >= 0.6 is 11.3 Å². The van der Waals surface area contributed by atoms with E-state index in [1.165, 1.54) is 6.07 Å². The summed E-state index contributed by atoms with van der Waals surface area (Å²) in [7, 11) is 0. The van der Waals surface area contributed by atoms with Gasteiger partial charge in [-0.3, -0.25) is 0 Å². The summed E-state index contributed by atoms with van der Waals surface area (Å²) in [6.45, 7) is 3.70. The van der Waals surface area contributed by atoms with E-state index >= 15 is 0 Å². The fraction of sp³-hybridized carbons (Fsp3) is 0.231. The van der Waals surface area contributed by atoms with Gasteiger partial charge in [0.25, 0.3) is 0 Å². The van der Waals surface area contributed by atoms with Crippen LogP contribution in [-0.4, -0.2) is 5.11 Å². The third-order valence-electron chi connectivity index (χ3n) is 2.56. The van der Waals surface area contributed by atoms with Gasteiger partial charge in [-0.25, -0.2) is 4.39 Å². The van der Waals surface area contributed by atoms with Crippen molar-refractivity contribution in [3.8, 4) is 0 Å². The zero-order valence-electron chi connectivity index (χ0n) is 9.20. The molecule has 16 heavy (non-hydrogen) atoms. The Hall–Kier alpha value is -1.19. The van der Waals surface area contributed by atoms with Crippen molar-refractivity contribution in [2.75, 3.05) is 0 Å². The third kappa shape index (κ3) is 2.15. The van der Waals surface area contributed by atoms with Gasteiger partial charge in [0.15, 0.2) is 0 Å². The van der Waals surface area contributed by atoms with Crippen LogP contribution in [0.15, 0.2) is 29.6 Å². The summed E-state index contributed by atoms with van der Waals surface area (Å²) >= 11 is 1.60. The molecule has 1 nitrogen and oxygen atoms in total. The van der Waals surface area contributed by atoms with Crippen LogP contribution in [0.1, 0.15) is 27.7 Å². The number of hydrogen-bond acceptors (Lipinski definition) is 2. The first-order valence-corrected chi connectivity index (χ1v) is 5.95. The van der Waals surface area contributed by atoms with Gasteiger partial charge in [-0.15, -0.1) is 11.3 Å². The van der Waals surface area contributed by atoms with Gasteiger partial charge >= 0.3 is 0 Å². The Morgan fingerprint density at radius 2 is 1.94 bits per heavy atom. The van der Waals surface area contributed by atoms with Crippen molar-refractivity contribution >= 4 is 11.3 Å². The van der Waals surface area contributed by atoms with E-state index in [1.807, 2.05) is 18.4 Å². The lowest BCUT2D eigenvalue weighted by molar-refractivity contribution is 0.220. The SMILES string of the molecule is Cc1cc(C(O)c2ccc(F)c(C)c2)cs1. The van der Waals surface area contributed by atoms with Crippen molar-refractivity contribution in [2.45, 2.75) is 20.0 Å². The molecule has 0 amide bonds. The van der Waals surface area contributed by atoms with Gasteiger partial charge in [-0.1, -0.05) is 12.1 Å². The summed E-state index contributed by atoms with van der Waals surface area (Å²) in [4.78, 5) is 1.16. The second-order valence-corrected chi connectivity index (χ2v) is 5.02. The summed E-state index contributed by atoms with van der Waals surface area (Å²) in [6, 6.07) is 6.66. The lowest BCUT2D eigenvalue weighted by atomic mass is 10.0. The molecule has 0 radical (unpaired) electrons. The lowest BCUT2D eigenvalue weighted by Crippen LogP contribution is -1.99. The number of thiophene rings is 1. The highest BCUT2D eigenvalue weighted by atomic mass is 32.1. The number of hydrogen-bond donors (Lipinski definition) is 1. The Labute approximate surface area is 98.2 Å². The summed E-state index contributed by atoms with van der Waals surface area (Å²) in [5.74, 6) is -0.238. The molecule has 1 N–H and O–H groups in total. The van der Waals surface area contributed by atoms with Gasteiger partial charge in [0.2, 0.25) is 0 Å². The Morgan fingerprint density at radius 3 is 2.50 bits per heavy atom. The van der Waals surface area contributed by atoms with Crippen molar-refractivity contribution in [1.82, 2.24) is 0 Å². The van der Waals surface area contributed by atoms with Crippen LogP contribution in [0.4, 0.5) is 4.39 Å². The van der Waals surface area contributed by atoms with Crippen molar-refractivity contribution in [3.63, 3.8) is 0 Å². The fourth-order valence-electron chi connectivity index (χ4n) is 1.64. The highest BCUT2D eigenvalue weighted by molar-refractivity contribution is 7.10. The Morgan fingerprint density at radius 1 is 1.19 bits per heavy atom. The highest BCUT2D eigenvalue weighted by Crippen LogP contribution is 2.27. The molecule has 0 aliphatic heterocycles. The third-order valence-corrected chi connectivity index (χ3v) is 3.44. The monoisotopic (exact) mass is 236 g/mol. The average Bonchev–Trinajstić information content (AvgIpc) is 2.68. The standard InChI is InChI=1S/C13H13FOS/c1-8-5-10(3-4-12(8)14)13(15)11-6-9(2)16-7-11/h3-7,13,15H,1-2H3. The van der Waals surface area contributed by atoms with Crippen LogP contribution in [0.2, 0.25) is 0 Å². The molecule has 2 rings (SSSR count). The minimum Gasteiger partial charge on any atom is -0.384 e. The molecule has 0 aliphatic carbocycles. The minimum absolute atomic E-state index is 0.238. The molecule has 84 valence electrons. The van der Waals surface area contributed by atoms with E-state index in [-0.39, 0.29) is 5.82 Å². The molecule has 0 bridgehead atoms. The largest absolute Gasteiger partial charge is 0.384 e. The van der Waals surface area contributed by atoms with Crippen molar-refractivity contribution in [1.29, 1.82) is 0 Å². The van der Waals surface area contributed by atoms with Gasteiger partial charge in [-0.05, 0) is 48.1 Å². The van der Waals surface area contributed by atoms with Gasteiger partial charge in [0, 0.05) is 4.88 Å². The van der Waals surface area contributed by atoms with Gasteiger partial charge in [0.05, 0.1) is 0 Å². The molecule has 1 aromatic heterocycles. The van der Waals surface area contributed by atoms with E-state index in [0.29, 0.717) is 5.56 Å². The van der Waals surface area contributed by atoms with E-state index < -0.39 is 6.10 Å². The highest BCUT2D eigenvalue weighted by Gasteiger charge is 2.12. The first-order valence-electron chi connectivity index (χ1n) is 5.07. The molecule has 1 heterocycles. The van der Waals surface area contributed by atoms with Crippen LogP contribution in [0.3, 0.4) is 0 Å². The van der Waals surface area contributed by atoms with Crippen molar-refractivity contribution in [2.24, 2.45) is 0 Å². The number of aryl methyl sites for hydroxylation is 2. The molecule has 3 heteroatoms. The lowest BCUT2D eigenvalue weighted by Gasteiger charge is -2.10. The predicted octanol–water partition coefficient (Wildman–Crippen LogP) is 3.59. The van der Waals surface area contributed by atoms with Gasteiger partial charge in [0.1, 0.15) is 11.9 Å². The number of benzene rings is 1. The molecule has 1 atom stereocenters. The van der Waals surface area contributed by atoms with Crippen LogP contribution in [0.5, 0.6) is 0 Å². The molecule has 0 fully saturated rings. The molecule has 0 aliphatic rings. The van der Waals surface area contributed by atoms with E-state index in [4.69, 9.17) is 0 Å². The van der Waals surface area contributed by atoms with Crippen molar-refractivity contribution in [3.05, 3.63) is 57.0 Å². The quantitative estimate of drug-likeness (QED) is 0.845. The van der Waals surface area contributed by atoms with Gasteiger partial charge < -0.3 is 5.11 Å². The predicted molar refractivity (Wildman–Crippen MR) is 64.3 cm³/mol. The molecule has 0 spiro atoms. The van der Waals surface area contributed by atoms with E-state index in [9.17, 15) is 9.50 Å². The summed E-state index contributed by atoms with van der Waals surface area (Å²) < 4.78 is 13.1. The molecular formula is C13H13FOS. The minimum atomic E-state index is -0.663. The maximum absolute atomic E-state index is 13.1. The van der Waals surface area contributed by atoms with E-state index in [2.05, 4.69) is 0 Å². The second-order valence-electron chi connectivity index (χ2n) is 3.90. The summed E-state index contributed by atoms with van der Waals surface area (Å²) in [5.41, 5.74) is 2.16. The first-order chi connectivity index (χ1) is 7.58. The maximum Gasteiger partial charge on any atom is 0.126 e. The number of aliphatic hydroxyl groups excluding tert-OH is 1. The van der Waals surface area contributed by atoms with Crippen LogP contribution < -0.4 is 0 Å². The molecule has 1 unspecified atom stereocenters. The van der Waals surface area contributed by atoms with Crippen LogP contribution in [0.25, 0.3) is 0 Å². The van der Waals surface area contributed by atoms with Crippen LogP contribution in [-0.2, 0) is 0 Å². The van der Waals surface area contributed by atoms with E-state index in [0.717, 1.165) is 16.0 Å². The molecule has 1 aromatic carbocycles. The molecular weight excluding hydrogens is 223 g/mol. The van der Waals surface area contributed by atoms with Crippen LogP contribution in [0, 0.1) is 19.7 Å². The zero-order chi connectivity index (χ0) is 11.7. The smallest absolute Gasteiger partial charge is 0.126 e. The first kappa shape index (κ1) is 11.3. The Balaban J connectivity index is 2.33. The normalized spacial score (nSPS) is 12.8. The zero-order valence-corrected chi connectivity index (χ0v) is 10.0. The fourth-order valence-corrected chi connectivity index (χ4v) is 2.36. The topological polar surface area (TPSA) is 20.2 Å². The Kier molecular flexibility index (Phi) is 3.08. The maximum atomic E-state index is 13.1. The van der Waals surface area contributed by atoms with Gasteiger partial charge in [-0.2, -0.15) is 0 Å². The average molecular weight is 236 g/mol. The number of halogens is 1. The van der Waals surface area contributed by atoms with Crippen molar-refractivity contribution < 1.29 is 9.50 Å². The summed E-state index contributed by atoms with van der Waals surface area (Å²) in [5, 5.41) is 12.0. The summed E-state index contributed by atoms with van der Waals surface area (Å²) in [6.07, 6.45) is -0.663. The molecule has 2 aromatic rings. The second kappa shape index (κ2) is 4.36. The molecule has 0 saturated carbocycles.